The second-order valence-electron chi connectivity index (χ2n) is 7.81. The molecule has 1 saturated heterocycles. The fourth-order valence-electron chi connectivity index (χ4n) is 3.89. The van der Waals surface area contributed by atoms with Gasteiger partial charge >= 0.3 is 0 Å². The molecular formula is C24H32ClN3O4. The molecule has 0 aliphatic carbocycles. The number of carbonyl (C=O) groups excluding carboxylic acids is 1. The van der Waals surface area contributed by atoms with E-state index >= 15 is 0 Å². The van der Waals surface area contributed by atoms with E-state index in [1.54, 1.807) is 33.5 Å². The molecule has 0 unspecified atom stereocenters. The van der Waals surface area contributed by atoms with Crippen LogP contribution >= 0.6 is 11.6 Å². The molecule has 1 heterocycles. The van der Waals surface area contributed by atoms with E-state index in [1.165, 1.54) is 5.56 Å². The molecule has 7 nitrogen and oxygen atoms in total. The van der Waals surface area contributed by atoms with E-state index in [-0.39, 0.29) is 5.91 Å². The summed E-state index contributed by atoms with van der Waals surface area (Å²) in [5.41, 5.74) is 1.89. The standard InChI is InChI=1S/C24H32ClN3O4/c1-30-21-15-20(16-22(31-2)24(21)32-3)26-23(29)9-12-27-10-4-11-28(14-13-27)17-18-5-7-19(25)8-6-18/h5-8,15-16H,4,9-14,17H2,1-3H3,(H,26,29). The van der Waals surface area contributed by atoms with Gasteiger partial charge in [0.2, 0.25) is 11.7 Å². The van der Waals surface area contributed by atoms with Crippen molar-refractivity contribution in [3.63, 3.8) is 0 Å². The van der Waals surface area contributed by atoms with Crippen molar-refractivity contribution in [3.05, 3.63) is 47.0 Å². The smallest absolute Gasteiger partial charge is 0.225 e. The lowest BCUT2D eigenvalue weighted by molar-refractivity contribution is -0.116. The van der Waals surface area contributed by atoms with Crippen LogP contribution in [0.5, 0.6) is 17.2 Å². The van der Waals surface area contributed by atoms with Crippen molar-refractivity contribution in [2.75, 3.05) is 59.4 Å². The first-order valence-corrected chi connectivity index (χ1v) is 11.2. The maximum Gasteiger partial charge on any atom is 0.225 e. The lowest BCUT2D eigenvalue weighted by Gasteiger charge is -2.22. The number of hydrogen-bond donors (Lipinski definition) is 1. The van der Waals surface area contributed by atoms with Crippen LogP contribution in [-0.4, -0.2) is 69.8 Å². The zero-order valence-electron chi connectivity index (χ0n) is 19.0. The number of amides is 1. The normalized spacial score (nSPS) is 15.1. The van der Waals surface area contributed by atoms with Crippen LogP contribution < -0.4 is 19.5 Å². The van der Waals surface area contributed by atoms with Crippen molar-refractivity contribution in [3.8, 4) is 17.2 Å². The van der Waals surface area contributed by atoms with Gasteiger partial charge in [0, 0.05) is 55.4 Å². The second-order valence-corrected chi connectivity index (χ2v) is 8.25. The van der Waals surface area contributed by atoms with E-state index < -0.39 is 0 Å². The highest BCUT2D eigenvalue weighted by Gasteiger charge is 2.17. The lowest BCUT2D eigenvalue weighted by atomic mass is 10.2. The molecule has 1 aliphatic rings. The first-order valence-electron chi connectivity index (χ1n) is 10.8. The van der Waals surface area contributed by atoms with E-state index in [1.807, 2.05) is 12.1 Å². The molecule has 1 aliphatic heterocycles. The molecule has 2 aromatic carbocycles. The van der Waals surface area contributed by atoms with Crippen LogP contribution in [0.1, 0.15) is 18.4 Å². The molecule has 0 aromatic heterocycles. The van der Waals surface area contributed by atoms with Crippen LogP contribution in [0.25, 0.3) is 0 Å². The Balaban J connectivity index is 1.48. The van der Waals surface area contributed by atoms with Gasteiger partial charge < -0.3 is 24.4 Å². The predicted molar refractivity (Wildman–Crippen MR) is 127 cm³/mol. The summed E-state index contributed by atoms with van der Waals surface area (Å²) >= 11 is 5.98. The third-order valence-electron chi connectivity index (χ3n) is 5.60. The zero-order valence-corrected chi connectivity index (χ0v) is 19.8. The van der Waals surface area contributed by atoms with Crippen molar-refractivity contribution in [1.29, 1.82) is 0 Å². The average molecular weight is 462 g/mol. The minimum atomic E-state index is -0.0402. The molecular weight excluding hydrogens is 430 g/mol. The fraction of sp³-hybridized carbons (Fsp3) is 0.458. The molecule has 0 bridgehead atoms. The second kappa shape index (κ2) is 11.9. The van der Waals surface area contributed by atoms with E-state index in [2.05, 4.69) is 27.2 Å². The Kier molecular flexibility index (Phi) is 9.02. The van der Waals surface area contributed by atoms with E-state index in [9.17, 15) is 4.79 Å². The number of ether oxygens (including phenoxy) is 3. The average Bonchev–Trinajstić information content (AvgIpc) is 3.03. The first kappa shape index (κ1) is 24.2. The van der Waals surface area contributed by atoms with E-state index in [0.29, 0.717) is 29.4 Å². The molecule has 0 spiro atoms. The molecule has 0 atom stereocenters. The SMILES string of the molecule is COc1cc(NC(=O)CCN2CCCN(Cc3ccc(Cl)cc3)CC2)cc(OC)c1OC. The number of carbonyl (C=O) groups is 1. The quantitative estimate of drug-likeness (QED) is 0.611. The predicted octanol–water partition coefficient (Wildman–Crippen LogP) is 3.90. The first-order chi connectivity index (χ1) is 15.5. The highest BCUT2D eigenvalue weighted by atomic mass is 35.5. The maximum absolute atomic E-state index is 12.6. The Morgan fingerprint density at radius 3 is 2.19 bits per heavy atom. The minimum absolute atomic E-state index is 0.0402. The van der Waals surface area contributed by atoms with Crippen LogP contribution in [0, 0.1) is 0 Å². The summed E-state index contributed by atoms with van der Waals surface area (Å²) in [4.78, 5) is 17.4. The number of benzene rings is 2. The topological polar surface area (TPSA) is 63.3 Å². The van der Waals surface area contributed by atoms with Gasteiger partial charge in [0.15, 0.2) is 11.5 Å². The molecule has 1 amide bonds. The van der Waals surface area contributed by atoms with Crippen molar-refractivity contribution < 1.29 is 19.0 Å². The monoisotopic (exact) mass is 461 g/mol. The van der Waals surface area contributed by atoms with Crippen molar-refractivity contribution in [2.24, 2.45) is 0 Å². The third-order valence-corrected chi connectivity index (χ3v) is 5.86. The molecule has 8 heteroatoms. The van der Waals surface area contributed by atoms with Crippen LogP contribution in [0.15, 0.2) is 36.4 Å². The third kappa shape index (κ3) is 6.76. The van der Waals surface area contributed by atoms with Crippen molar-refractivity contribution in [1.82, 2.24) is 9.80 Å². The molecule has 3 rings (SSSR count). The summed E-state index contributed by atoms with van der Waals surface area (Å²) in [7, 11) is 4.66. The number of rotatable bonds is 9. The number of anilines is 1. The number of halogens is 1. The Bertz CT molecular complexity index is 866. The lowest BCUT2D eigenvalue weighted by Crippen LogP contribution is -2.32. The molecule has 1 fully saturated rings. The molecule has 32 heavy (non-hydrogen) atoms. The van der Waals surface area contributed by atoms with Gasteiger partial charge in [-0.15, -0.1) is 0 Å². The van der Waals surface area contributed by atoms with Crippen molar-refractivity contribution >= 4 is 23.2 Å². The van der Waals surface area contributed by atoms with Gasteiger partial charge in [0.1, 0.15) is 0 Å². The summed E-state index contributed by atoms with van der Waals surface area (Å²) in [6.07, 6.45) is 1.51. The summed E-state index contributed by atoms with van der Waals surface area (Å²) in [5, 5.41) is 3.71. The summed E-state index contributed by atoms with van der Waals surface area (Å²) < 4.78 is 16.0. The minimum Gasteiger partial charge on any atom is -0.493 e. The van der Waals surface area contributed by atoms with Gasteiger partial charge in [-0.25, -0.2) is 0 Å². The number of nitrogens with one attached hydrogen (secondary N) is 1. The largest absolute Gasteiger partial charge is 0.493 e. The number of hydrogen-bond acceptors (Lipinski definition) is 6. The van der Waals surface area contributed by atoms with E-state index in [0.717, 1.165) is 50.7 Å². The highest BCUT2D eigenvalue weighted by Crippen LogP contribution is 2.39. The Hall–Kier alpha value is -2.48. The summed E-state index contributed by atoms with van der Waals surface area (Å²) in [5.74, 6) is 1.48. The zero-order chi connectivity index (χ0) is 22.9. The van der Waals surface area contributed by atoms with Crippen LogP contribution in [0.3, 0.4) is 0 Å². The van der Waals surface area contributed by atoms with E-state index in [4.69, 9.17) is 25.8 Å². The molecule has 0 radical (unpaired) electrons. The van der Waals surface area contributed by atoms with Gasteiger partial charge in [-0.05, 0) is 37.2 Å². The van der Waals surface area contributed by atoms with Gasteiger partial charge in [-0.3, -0.25) is 9.69 Å². The highest BCUT2D eigenvalue weighted by molar-refractivity contribution is 6.30. The fourth-order valence-corrected chi connectivity index (χ4v) is 4.02. The molecule has 0 saturated carbocycles. The Labute approximate surface area is 195 Å². The van der Waals surface area contributed by atoms with Gasteiger partial charge in [-0.1, -0.05) is 23.7 Å². The molecule has 2 aromatic rings. The maximum atomic E-state index is 12.6. The Morgan fingerprint density at radius 2 is 1.56 bits per heavy atom. The van der Waals surface area contributed by atoms with Crippen LogP contribution in [-0.2, 0) is 11.3 Å². The number of nitrogens with zero attached hydrogens (tertiary/aromatic N) is 2. The molecule has 174 valence electrons. The summed E-state index contributed by atoms with van der Waals surface area (Å²) in [6.45, 7) is 5.63. The Morgan fingerprint density at radius 1 is 0.938 bits per heavy atom. The van der Waals surface area contributed by atoms with Gasteiger partial charge in [0.05, 0.1) is 21.3 Å². The van der Waals surface area contributed by atoms with Crippen LogP contribution in [0.4, 0.5) is 5.69 Å². The molecule has 1 N–H and O–H groups in total. The van der Waals surface area contributed by atoms with Gasteiger partial charge in [-0.2, -0.15) is 0 Å². The van der Waals surface area contributed by atoms with Crippen molar-refractivity contribution in [2.45, 2.75) is 19.4 Å². The summed E-state index contributed by atoms with van der Waals surface area (Å²) in [6, 6.07) is 11.5. The van der Waals surface area contributed by atoms with Crippen LogP contribution in [0.2, 0.25) is 5.02 Å². The van der Waals surface area contributed by atoms with Gasteiger partial charge in [0.25, 0.3) is 0 Å². The number of methoxy groups -OCH3 is 3.